The molecule has 16 heavy (non-hydrogen) atoms. The molecule has 0 aromatic rings. The summed E-state index contributed by atoms with van der Waals surface area (Å²) in [5, 5.41) is 0. The van der Waals surface area contributed by atoms with Crippen LogP contribution in [0, 0.1) is 5.92 Å². The zero-order valence-corrected chi connectivity index (χ0v) is 11.7. The van der Waals surface area contributed by atoms with Crippen molar-refractivity contribution in [3.63, 3.8) is 0 Å². The second kappa shape index (κ2) is 7.30. The van der Waals surface area contributed by atoms with Crippen LogP contribution in [0.15, 0.2) is 0 Å². The summed E-state index contributed by atoms with van der Waals surface area (Å²) in [4.78, 5) is 0. The molecule has 1 saturated carbocycles. The van der Waals surface area contributed by atoms with Crippen molar-refractivity contribution < 1.29 is 13.9 Å². The van der Waals surface area contributed by atoms with E-state index in [0.717, 1.165) is 12.5 Å². The molecule has 4 heteroatoms. The molecular formula is C12H24O3Si. The highest BCUT2D eigenvalue weighted by atomic mass is 28.2. The van der Waals surface area contributed by atoms with Crippen LogP contribution >= 0.6 is 0 Å². The molecule has 3 nitrogen and oxygen atoms in total. The van der Waals surface area contributed by atoms with Gasteiger partial charge in [-0.25, -0.2) is 0 Å². The first-order valence-corrected chi connectivity index (χ1v) is 8.66. The maximum atomic E-state index is 9.63. The van der Waals surface area contributed by atoms with Gasteiger partial charge in [0.2, 0.25) is 0 Å². The Kier molecular flexibility index (Phi) is 6.39. The maximum absolute atomic E-state index is 9.63. The number of ether oxygens (including phenoxy) is 2. The zero-order chi connectivity index (χ0) is 12.0. The minimum atomic E-state index is -1.13. The lowest BCUT2D eigenvalue weighted by Crippen LogP contribution is -2.13. The predicted octanol–water partition coefficient (Wildman–Crippen LogP) is 2.65. The third kappa shape index (κ3) is 5.87. The predicted molar refractivity (Wildman–Crippen MR) is 65.3 cm³/mol. The van der Waals surface area contributed by atoms with Crippen molar-refractivity contribution in [2.24, 2.45) is 5.92 Å². The van der Waals surface area contributed by atoms with Crippen LogP contribution in [0.4, 0.5) is 0 Å². The first-order valence-electron chi connectivity index (χ1n) is 6.25. The number of hydrogen-bond acceptors (Lipinski definition) is 3. The van der Waals surface area contributed by atoms with E-state index in [1.165, 1.54) is 32.1 Å². The van der Waals surface area contributed by atoms with Crippen LogP contribution in [0.1, 0.15) is 32.1 Å². The molecule has 0 aromatic heterocycles. The molecule has 1 heterocycles. The molecule has 2 rings (SSSR count). The van der Waals surface area contributed by atoms with E-state index in [2.05, 4.69) is 0 Å². The summed E-state index contributed by atoms with van der Waals surface area (Å²) in [6.07, 6.45) is 7.86. The van der Waals surface area contributed by atoms with E-state index < -0.39 is 8.68 Å². The van der Waals surface area contributed by atoms with E-state index in [4.69, 9.17) is 9.47 Å². The Bertz CT molecular complexity index is 216. The van der Waals surface area contributed by atoms with Crippen molar-refractivity contribution in [2.45, 2.75) is 57.4 Å². The van der Waals surface area contributed by atoms with Gasteiger partial charge in [-0.05, 0) is 51.1 Å². The molecule has 1 saturated heterocycles. The van der Waals surface area contributed by atoms with Crippen molar-refractivity contribution in [3.05, 3.63) is 0 Å². The van der Waals surface area contributed by atoms with Gasteiger partial charge in [0.05, 0.1) is 12.2 Å². The van der Waals surface area contributed by atoms with Crippen molar-refractivity contribution >= 4 is 8.68 Å². The Morgan fingerprint density at radius 2 is 2.00 bits per heavy atom. The normalized spacial score (nSPS) is 31.1. The van der Waals surface area contributed by atoms with Gasteiger partial charge in [0.25, 0.3) is 8.68 Å². The quantitative estimate of drug-likeness (QED) is 0.433. The fourth-order valence-electron chi connectivity index (χ4n) is 2.27. The van der Waals surface area contributed by atoms with Crippen molar-refractivity contribution in [3.8, 4) is 0 Å². The zero-order valence-electron chi connectivity index (χ0n) is 10.7. The lowest BCUT2D eigenvalue weighted by molar-refractivity contribution is 0.183. The van der Waals surface area contributed by atoms with Crippen LogP contribution < -0.4 is 0 Å². The smallest absolute Gasteiger partial charge is 0.270 e. The largest absolute Gasteiger partial charge is 0.389 e. The maximum Gasteiger partial charge on any atom is 0.270 e. The van der Waals surface area contributed by atoms with Crippen LogP contribution in [-0.2, 0) is 13.9 Å². The molecule has 94 valence electrons. The summed E-state index contributed by atoms with van der Waals surface area (Å²) in [5.74, 6) is 0.920. The SMILES string of the molecule is COCCCC1CCC2OC2C1.C[Si](C)=O. The average Bonchev–Trinajstić information content (AvgIpc) is 2.95. The van der Waals surface area contributed by atoms with Crippen LogP contribution in [0.25, 0.3) is 0 Å². The summed E-state index contributed by atoms with van der Waals surface area (Å²) in [6.45, 7) is 4.35. The standard InChI is InChI=1S/C10H18O2.C2H6OSi/c1-11-6-2-3-8-4-5-9-10(7-8)12-9;1-4(2)3/h8-10H,2-7H2,1H3;1-2H3. The molecule has 1 aliphatic heterocycles. The lowest BCUT2D eigenvalue weighted by Gasteiger charge is -2.18. The summed E-state index contributed by atoms with van der Waals surface area (Å²) in [7, 11) is 0.649. The molecule has 0 aromatic carbocycles. The first kappa shape index (κ1) is 14.0. The minimum Gasteiger partial charge on any atom is -0.389 e. The van der Waals surface area contributed by atoms with E-state index in [9.17, 15) is 4.46 Å². The average molecular weight is 244 g/mol. The Labute approximate surface area is 100 Å². The number of methoxy groups -OCH3 is 1. The van der Waals surface area contributed by atoms with Gasteiger partial charge in [0.15, 0.2) is 0 Å². The highest BCUT2D eigenvalue weighted by molar-refractivity contribution is 6.38. The number of hydrogen-bond donors (Lipinski definition) is 0. The van der Waals surface area contributed by atoms with E-state index in [0.29, 0.717) is 12.2 Å². The number of fused-ring (bicyclic) bond motifs is 1. The van der Waals surface area contributed by atoms with Gasteiger partial charge in [-0.3, -0.25) is 0 Å². The van der Waals surface area contributed by atoms with Gasteiger partial charge in [0, 0.05) is 13.7 Å². The molecule has 1 aliphatic carbocycles. The van der Waals surface area contributed by atoms with Gasteiger partial charge < -0.3 is 13.9 Å². The van der Waals surface area contributed by atoms with Crippen molar-refractivity contribution in [1.29, 1.82) is 0 Å². The van der Waals surface area contributed by atoms with E-state index in [-0.39, 0.29) is 0 Å². The molecule has 0 bridgehead atoms. The highest BCUT2D eigenvalue weighted by Crippen LogP contribution is 2.40. The van der Waals surface area contributed by atoms with Crippen molar-refractivity contribution in [1.82, 2.24) is 0 Å². The molecule has 3 atom stereocenters. The molecule has 2 aliphatic rings. The fourth-order valence-corrected chi connectivity index (χ4v) is 2.27. The topological polar surface area (TPSA) is 38.8 Å². The van der Waals surface area contributed by atoms with Gasteiger partial charge >= 0.3 is 0 Å². The van der Waals surface area contributed by atoms with Gasteiger partial charge in [0.1, 0.15) is 0 Å². The molecule has 2 fully saturated rings. The molecule has 3 unspecified atom stereocenters. The van der Waals surface area contributed by atoms with Crippen LogP contribution in [-0.4, -0.2) is 34.6 Å². The third-order valence-corrected chi connectivity index (χ3v) is 3.07. The van der Waals surface area contributed by atoms with E-state index >= 15 is 0 Å². The Morgan fingerprint density at radius 1 is 1.31 bits per heavy atom. The van der Waals surface area contributed by atoms with E-state index in [1.54, 1.807) is 20.2 Å². The number of rotatable bonds is 4. The molecule has 0 spiro atoms. The van der Waals surface area contributed by atoms with Gasteiger partial charge in [-0.2, -0.15) is 0 Å². The molecule has 0 amide bonds. The van der Waals surface area contributed by atoms with Gasteiger partial charge in [-0.15, -0.1) is 0 Å². The monoisotopic (exact) mass is 244 g/mol. The number of epoxide rings is 1. The second-order valence-corrected chi connectivity index (χ2v) is 6.75. The van der Waals surface area contributed by atoms with Crippen LogP contribution in [0.2, 0.25) is 13.1 Å². The third-order valence-electron chi connectivity index (χ3n) is 3.07. The minimum absolute atomic E-state index is 0.645. The fraction of sp³-hybridized carbons (Fsp3) is 1.00. The van der Waals surface area contributed by atoms with Crippen molar-refractivity contribution in [2.75, 3.05) is 13.7 Å². The molecule has 0 N–H and O–H groups in total. The van der Waals surface area contributed by atoms with E-state index in [1.807, 2.05) is 0 Å². The van der Waals surface area contributed by atoms with Crippen LogP contribution in [0.5, 0.6) is 0 Å². The summed E-state index contributed by atoms with van der Waals surface area (Å²) >= 11 is 0. The lowest BCUT2D eigenvalue weighted by atomic mass is 9.86. The Hall–Kier alpha value is -0.0631. The first-order chi connectivity index (χ1) is 7.63. The Morgan fingerprint density at radius 3 is 2.56 bits per heavy atom. The Balaban J connectivity index is 0.000000280. The van der Waals surface area contributed by atoms with Gasteiger partial charge in [-0.1, -0.05) is 0 Å². The molecule has 0 radical (unpaired) electrons. The molecular weight excluding hydrogens is 220 g/mol. The van der Waals surface area contributed by atoms with Crippen LogP contribution in [0.3, 0.4) is 0 Å². The highest BCUT2D eigenvalue weighted by Gasteiger charge is 2.43. The summed E-state index contributed by atoms with van der Waals surface area (Å²) < 4.78 is 20.2. The summed E-state index contributed by atoms with van der Waals surface area (Å²) in [5.41, 5.74) is 0. The second-order valence-electron chi connectivity index (χ2n) is 4.94. The summed E-state index contributed by atoms with van der Waals surface area (Å²) in [6, 6.07) is 0.